The second kappa shape index (κ2) is 19.9. The third-order valence-electron chi connectivity index (χ3n) is 11.2. The van der Waals surface area contributed by atoms with Crippen molar-refractivity contribution in [3.05, 3.63) is 92.8 Å². The van der Waals surface area contributed by atoms with E-state index >= 15 is 0 Å². The van der Waals surface area contributed by atoms with Gasteiger partial charge in [-0.15, -0.1) is 0 Å². The van der Waals surface area contributed by atoms with Gasteiger partial charge in [0, 0.05) is 63.4 Å². The molecular weight excluding hydrogens is 813 g/mol. The van der Waals surface area contributed by atoms with Crippen LogP contribution < -0.4 is 37.7 Å². The molecular formula is C40H51F3N6O12. The van der Waals surface area contributed by atoms with Crippen LogP contribution in [-0.2, 0) is 36.5 Å². The van der Waals surface area contributed by atoms with E-state index in [9.17, 15) is 52.8 Å². The van der Waals surface area contributed by atoms with Crippen molar-refractivity contribution in [2.24, 2.45) is 17.4 Å². The zero-order valence-corrected chi connectivity index (χ0v) is 32.9. The van der Waals surface area contributed by atoms with Gasteiger partial charge in [0.1, 0.15) is 54.6 Å². The highest BCUT2D eigenvalue weighted by molar-refractivity contribution is 5.77. The van der Waals surface area contributed by atoms with Gasteiger partial charge < -0.3 is 61.1 Å². The smallest absolute Gasteiger partial charge is 0.416 e. The van der Waals surface area contributed by atoms with Crippen molar-refractivity contribution in [2.45, 2.75) is 113 Å². The van der Waals surface area contributed by atoms with E-state index in [4.69, 9.17) is 30.4 Å². The average molecular weight is 865 g/mol. The van der Waals surface area contributed by atoms with Crippen molar-refractivity contribution in [1.29, 1.82) is 0 Å². The second-order valence-corrected chi connectivity index (χ2v) is 15.4. The lowest BCUT2D eigenvalue weighted by Crippen LogP contribution is -2.50. The maximum atomic E-state index is 13.0. The number of aliphatic hydroxyl groups excluding tert-OH is 4. The van der Waals surface area contributed by atoms with Crippen LogP contribution in [-0.4, -0.2) is 117 Å². The molecule has 0 radical (unpaired) electrons. The molecule has 3 saturated heterocycles. The molecule has 334 valence electrons. The summed E-state index contributed by atoms with van der Waals surface area (Å²) in [4.78, 5) is 54.1. The number of H-pyrrole nitrogens is 1. The van der Waals surface area contributed by atoms with E-state index in [2.05, 4.69) is 10.2 Å². The molecule has 0 saturated carbocycles. The van der Waals surface area contributed by atoms with Gasteiger partial charge in [-0.05, 0) is 54.8 Å². The molecule has 3 aliphatic heterocycles. The number of amides is 2. The number of benzene rings is 2. The molecule has 1 aromatic heterocycles. The average Bonchev–Trinajstić information content (AvgIpc) is 3.68. The number of halogens is 3. The number of hydrogen-bond acceptors (Lipinski definition) is 14. The Hall–Kier alpha value is -4.87. The number of anilines is 1. The summed E-state index contributed by atoms with van der Waals surface area (Å²) >= 11 is 0. The summed E-state index contributed by atoms with van der Waals surface area (Å²) in [5.41, 5.74) is 10.9. The molecule has 18 nitrogen and oxygen atoms in total. The van der Waals surface area contributed by atoms with Crippen molar-refractivity contribution in [2.75, 3.05) is 24.5 Å². The van der Waals surface area contributed by atoms with Crippen LogP contribution >= 0.6 is 0 Å². The summed E-state index contributed by atoms with van der Waals surface area (Å²) in [5.74, 6) is -2.05. The van der Waals surface area contributed by atoms with E-state index in [0.717, 1.165) is 40.2 Å². The van der Waals surface area contributed by atoms with Crippen LogP contribution in [0.1, 0.15) is 55.9 Å². The number of nitrogens with one attached hydrogen (secondary N) is 2. The number of carbonyl (C=O) groups is 2. The van der Waals surface area contributed by atoms with Crippen molar-refractivity contribution < 1.29 is 62.1 Å². The lowest BCUT2D eigenvalue weighted by molar-refractivity contribution is -0.231. The van der Waals surface area contributed by atoms with Crippen molar-refractivity contribution in [3.8, 4) is 5.75 Å². The van der Waals surface area contributed by atoms with Crippen LogP contribution in [0.3, 0.4) is 0 Å². The topological polar surface area (TPSA) is 274 Å². The summed E-state index contributed by atoms with van der Waals surface area (Å²) in [6.45, 7) is 1.44. The van der Waals surface area contributed by atoms with Crippen LogP contribution in [0.25, 0.3) is 0 Å². The Morgan fingerprint density at radius 2 is 1.61 bits per heavy atom. The van der Waals surface area contributed by atoms with Gasteiger partial charge in [-0.1, -0.05) is 18.6 Å². The largest absolute Gasteiger partial charge is 0.490 e. The molecule has 3 aromatic rings. The zero-order chi connectivity index (χ0) is 44.0. The number of aromatic amines is 1. The second-order valence-electron chi connectivity index (χ2n) is 15.4. The number of nitrogens with zero attached hydrogens (tertiary/aromatic N) is 2. The first-order valence-corrected chi connectivity index (χ1v) is 20.0. The van der Waals surface area contributed by atoms with Crippen LogP contribution in [0.15, 0.2) is 70.4 Å². The molecule has 61 heavy (non-hydrogen) atoms. The number of aromatic nitrogens is 2. The van der Waals surface area contributed by atoms with Gasteiger partial charge in [0.25, 0.3) is 5.56 Å². The van der Waals surface area contributed by atoms with Crippen molar-refractivity contribution in [1.82, 2.24) is 14.9 Å². The number of carbonyl (C=O) groups excluding carboxylic acids is 2. The van der Waals surface area contributed by atoms with E-state index in [1.165, 1.54) is 12.1 Å². The molecule has 0 aliphatic carbocycles. The van der Waals surface area contributed by atoms with Gasteiger partial charge in [-0.25, -0.2) is 4.79 Å². The van der Waals surface area contributed by atoms with Gasteiger partial charge >= 0.3 is 11.9 Å². The highest BCUT2D eigenvalue weighted by Crippen LogP contribution is 2.37. The molecule has 10 N–H and O–H groups in total. The fourth-order valence-electron chi connectivity index (χ4n) is 7.77. The fourth-order valence-corrected chi connectivity index (χ4v) is 7.77. The maximum Gasteiger partial charge on any atom is 0.416 e. The van der Waals surface area contributed by atoms with E-state index in [1.807, 2.05) is 29.2 Å². The molecule has 6 rings (SSSR count). The third kappa shape index (κ3) is 11.2. The van der Waals surface area contributed by atoms with E-state index in [0.29, 0.717) is 38.1 Å². The van der Waals surface area contributed by atoms with E-state index in [-0.39, 0.29) is 44.4 Å². The van der Waals surface area contributed by atoms with Gasteiger partial charge in [-0.3, -0.25) is 23.9 Å². The molecule has 21 heteroatoms. The standard InChI is InChI=1S/C40H51F3N6O12/c41-40(42,43)22-7-11-24(12-8-22)58-25-13-16-48(17-14-25)23-9-5-21(6-10-23)20-46-28(50)4-2-1-3-26(36(45)56)34(61-38-33(55)30(52)27(19-44)59-38)35-31(53)32(54)37(60-35)49-18-15-29(51)47-39(49)57/h5-12,15,18,25-27,30-35,37-38,52-55H,1-4,13-14,16-17,19-20,44H2,(H2,45,56)(H,46,50)(H,47,51,57)/t26-,27+,30+,31?,32+,33+,34-,35-,37+,38-/m0/s1. The predicted molar refractivity (Wildman–Crippen MR) is 209 cm³/mol. The van der Waals surface area contributed by atoms with Crippen LogP contribution in [0.4, 0.5) is 18.9 Å². The summed E-state index contributed by atoms with van der Waals surface area (Å²) in [7, 11) is 0. The number of ether oxygens (including phenoxy) is 4. The van der Waals surface area contributed by atoms with Gasteiger partial charge in [0.2, 0.25) is 11.8 Å². The lowest BCUT2D eigenvalue weighted by atomic mass is 9.88. The molecule has 3 fully saturated rings. The van der Waals surface area contributed by atoms with Crippen LogP contribution in [0.5, 0.6) is 5.75 Å². The Labute approximate surface area is 347 Å². The molecule has 3 aliphatic rings. The zero-order valence-electron chi connectivity index (χ0n) is 32.9. The normalized spacial score (nSPS) is 26.9. The SMILES string of the molecule is NC[C@H]1O[C@@H](O[C@@H]([C@H](CCCCC(=O)NCc2ccc(N3CCC(Oc4ccc(C(F)(F)F)cc4)CC3)cc2)C(N)=O)[C@H]2O[C@@H](n3ccc(=O)[nH]c3=O)[C@H](O)C2O)[C@H](O)[C@@H]1O. The fraction of sp³-hybridized carbons (Fsp3) is 0.550. The summed E-state index contributed by atoms with van der Waals surface area (Å²) in [5, 5.41) is 46.0. The third-order valence-corrected chi connectivity index (χ3v) is 11.2. The number of aliphatic hydroxyl groups is 4. The molecule has 10 atom stereocenters. The minimum absolute atomic E-state index is 0.00912. The van der Waals surface area contributed by atoms with Crippen LogP contribution in [0, 0.1) is 5.92 Å². The lowest BCUT2D eigenvalue weighted by Gasteiger charge is -2.34. The summed E-state index contributed by atoms with van der Waals surface area (Å²) in [6, 6.07) is 13.4. The first kappa shape index (κ1) is 45.7. The Balaban J connectivity index is 0.992. The predicted octanol–water partition coefficient (Wildman–Crippen LogP) is -0.00870. The Morgan fingerprint density at radius 1 is 0.918 bits per heavy atom. The Kier molecular flexibility index (Phi) is 14.9. The molecule has 1 unspecified atom stereocenters. The van der Waals surface area contributed by atoms with Gasteiger partial charge in [-0.2, -0.15) is 13.2 Å². The van der Waals surface area contributed by atoms with E-state index < -0.39 is 90.1 Å². The van der Waals surface area contributed by atoms with Gasteiger partial charge in [0.15, 0.2) is 12.5 Å². The minimum atomic E-state index is -4.41. The number of alkyl halides is 3. The molecule has 2 amide bonds. The summed E-state index contributed by atoms with van der Waals surface area (Å²) < 4.78 is 62.8. The Bertz CT molecular complexity index is 2050. The maximum absolute atomic E-state index is 13.0. The number of nitrogens with two attached hydrogens (primary N) is 2. The molecule has 0 spiro atoms. The quantitative estimate of drug-likeness (QED) is 0.0830. The summed E-state index contributed by atoms with van der Waals surface area (Å²) in [6.07, 6.45) is -15.3. The van der Waals surface area contributed by atoms with Gasteiger partial charge in [0.05, 0.1) is 11.5 Å². The molecule has 0 bridgehead atoms. The van der Waals surface area contributed by atoms with Crippen molar-refractivity contribution in [3.63, 3.8) is 0 Å². The van der Waals surface area contributed by atoms with E-state index in [1.54, 1.807) is 0 Å². The first-order chi connectivity index (χ1) is 29.0. The highest BCUT2D eigenvalue weighted by atomic mass is 19.4. The minimum Gasteiger partial charge on any atom is -0.490 e. The number of piperidine rings is 1. The highest BCUT2D eigenvalue weighted by Gasteiger charge is 2.53. The number of unbranched alkanes of at least 4 members (excludes halogenated alkanes) is 1. The van der Waals surface area contributed by atoms with Crippen molar-refractivity contribution >= 4 is 17.5 Å². The first-order valence-electron chi connectivity index (χ1n) is 20.0. The number of primary amides is 1. The van der Waals surface area contributed by atoms with Crippen LogP contribution in [0.2, 0.25) is 0 Å². The molecule has 4 heterocycles. The Morgan fingerprint density at radius 3 is 2.21 bits per heavy atom. The molecule has 2 aromatic carbocycles. The number of hydrogen-bond donors (Lipinski definition) is 8. The monoisotopic (exact) mass is 864 g/mol. The number of rotatable bonds is 17.